The van der Waals surface area contributed by atoms with Crippen molar-refractivity contribution in [3.8, 4) is 0 Å². The Morgan fingerprint density at radius 3 is 1.88 bits per heavy atom. The van der Waals surface area contributed by atoms with Gasteiger partial charge in [-0.1, -0.05) is 95.6 Å². The van der Waals surface area contributed by atoms with E-state index in [1.165, 1.54) is 70.6 Å². The van der Waals surface area contributed by atoms with Crippen molar-refractivity contribution in [1.82, 2.24) is 0 Å². The summed E-state index contributed by atoms with van der Waals surface area (Å²) in [6, 6.07) is 4.83. The summed E-state index contributed by atoms with van der Waals surface area (Å²) in [7, 11) is 0. The van der Waals surface area contributed by atoms with Crippen LogP contribution in [0.25, 0.3) is 0 Å². The second-order valence-corrected chi connectivity index (χ2v) is 7.52. The predicted molar refractivity (Wildman–Crippen MR) is 112 cm³/mol. The standard InChI is InChI=1S/C22H36ClNO2/c1-2-3-4-5-6-7-8-9-10-11-12-13-14-17-26-22(25)19-15-16-20(23)21(24)18-19/h15-16,18H,2-14,17,24H2,1H3. The monoisotopic (exact) mass is 381 g/mol. The first kappa shape index (κ1) is 22.8. The lowest BCUT2D eigenvalue weighted by atomic mass is 10.0. The minimum atomic E-state index is -0.327. The van der Waals surface area contributed by atoms with Crippen molar-refractivity contribution in [2.45, 2.75) is 90.4 Å². The van der Waals surface area contributed by atoms with Gasteiger partial charge in [-0.15, -0.1) is 0 Å². The maximum atomic E-state index is 11.9. The van der Waals surface area contributed by atoms with Crippen LogP contribution in [-0.4, -0.2) is 12.6 Å². The van der Waals surface area contributed by atoms with Crippen LogP contribution < -0.4 is 5.73 Å². The fraction of sp³-hybridized carbons (Fsp3) is 0.682. The minimum Gasteiger partial charge on any atom is -0.462 e. The van der Waals surface area contributed by atoms with Crippen LogP contribution in [0, 0.1) is 0 Å². The Kier molecular flexibility index (Phi) is 13.1. The zero-order chi connectivity index (χ0) is 19.0. The molecule has 0 bridgehead atoms. The van der Waals surface area contributed by atoms with Gasteiger partial charge in [0.2, 0.25) is 0 Å². The highest BCUT2D eigenvalue weighted by Gasteiger charge is 2.08. The number of carbonyl (C=O) groups is 1. The number of esters is 1. The molecule has 0 saturated heterocycles. The number of nitrogen functional groups attached to an aromatic ring is 1. The third kappa shape index (κ3) is 10.7. The Morgan fingerprint density at radius 2 is 1.38 bits per heavy atom. The number of ether oxygens (including phenoxy) is 1. The number of hydrogen-bond donors (Lipinski definition) is 1. The van der Waals surface area contributed by atoms with Crippen molar-refractivity contribution in [3.63, 3.8) is 0 Å². The van der Waals surface area contributed by atoms with Crippen LogP contribution in [0.3, 0.4) is 0 Å². The summed E-state index contributed by atoms with van der Waals surface area (Å²) >= 11 is 5.85. The number of hydrogen-bond acceptors (Lipinski definition) is 3. The van der Waals surface area contributed by atoms with E-state index in [0.717, 1.165) is 12.8 Å². The van der Waals surface area contributed by atoms with E-state index in [4.69, 9.17) is 22.1 Å². The number of benzene rings is 1. The molecule has 4 heteroatoms. The molecule has 0 fully saturated rings. The van der Waals surface area contributed by atoms with Crippen LogP contribution in [-0.2, 0) is 4.74 Å². The highest BCUT2D eigenvalue weighted by molar-refractivity contribution is 6.33. The number of anilines is 1. The largest absolute Gasteiger partial charge is 0.462 e. The highest BCUT2D eigenvalue weighted by atomic mass is 35.5. The molecule has 0 unspecified atom stereocenters. The molecule has 0 aliphatic heterocycles. The molecule has 0 saturated carbocycles. The van der Waals surface area contributed by atoms with Gasteiger partial charge < -0.3 is 10.5 Å². The van der Waals surface area contributed by atoms with Crippen molar-refractivity contribution in [2.24, 2.45) is 0 Å². The van der Waals surface area contributed by atoms with Crippen LogP contribution >= 0.6 is 11.6 Å². The highest BCUT2D eigenvalue weighted by Crippen LogP contribution is 2.20. The topological polar surface area (TPSA) is 52.3 Å². The number of carbonyl (C=O) groups excluding carboxylic acids is 1. The Bertz CT molecular complexity index is 505. The quantitative estimate of drug-likeness (QED) is 0.199. The third-order valence-electron chi connectivity index (χ3n) is 4.71. The lowest BCUT2D eigenvalue weighted by molar-refractivity contribution is 0.0497. The molecule has 0 aliphatic carbocycles. The van der Waals surface area contributed by atoms with E-state index < -0.39 is 0 Å². The maximum Gasteiger partial charge on any atom is 0.338 e. The molecule has 26 heavy (non-hydrogen) atoms. The molecule has 0 atom stereocenters. The zero-order valence-corrected chi connectivity index (χ0v) is 17.2. The van der Waals surface area contributed by atoms with Crippen LogP contribution in [0.4, 0.5) is 5.69 Å². The molecular formula is C22H36ClNO2. The smallest absolute Gasteiger partial charge is 0.338 e. The molecule has 2 N–H and O–H groups in total. The first-order valence-electron chi connectivity index (χ1n) is 10.4. The van der Waals surface area contributed by atoms with Crippen molar-refractivity contribution < 1.29 is 9.53 Å². The van der Waals surface area contributed by atoms with Gasteiger partial charge in [0.25, 0.3) is 0 Å². The maximum absolute atomic E-state index is 11.9. The lowest BCUT2D eigenvalue weighted by Gasteiger charge is -2.06. The van der Waals surface area contributed by atoms with E-state index >= 15 is 0 Å². The molecule has 0 spiro atoms. The Morgan fingerprint density at radius 1 is 0.885 bits per heavy atom. The first-order chi connectivity index (χ1) is 12.6. The number of unbranched alkanes of at least 4 members (excludes halogenated alkanes) is 12. The fourth-order valence-electron chi connectivity index (χ4n) is 3.04. The predicted octanol–water partition coefficient (Wildman–Crippen LogP) is 7.17. The molecular weight excluding hydrogens is 346 g/mol. The van der Waals surface area contributed by atoms with E-state index in [9.17, 15) is 4.79 Å². The van der Waals surface area contributed by atoms with Crippen molar-refractivity contribution >= 4 is 23.3 Å². The van der Waals surface area contributed by atoms with Gasteiger partial charge in [-0.2, -0.15) is 0 Å². The Balaban J connectivity index is 1.90. The number of nitrogens with two attached hydrogens (primary N) is 1. The number of halogens is 1. The lowest BCUT2D eigenvalue weighted by Crippen LogP contribution is -2.07. The van der Waals surface area contributed by atoms with Gasteiger partial charge in [-0.05, 0) is 24.6 Å². The average Bonchev–Trinajstić information content (AvgIpc) is 2.64. The van der Waals surface area contributed by atoms with E-state index in [1.54, 1.807) is 18.2 Å². The fourth-order valence-corrected chi connectivity index (χ4v) is 3.16. The van der Waals surface area contributed by atoms with Crippen molar-refractivity contribution in [1.29, 1.82) is 0 Å². The molecule has 1 aromatic rings. The molecule has 3 nitrogen and oxygen atoms in total. The summed E-state index contributed by atoms with van der Waals surface area (Å²) in [4.78, 5) is 11.9. The summed E-state index contributed by atoms with van der Waals surface area (Å²) < 4.78 is 5.29. The molecule has 148 valence electrons. The van der Waals surface area contributed by atoms with Gasteiger partial charge in [0.05, 0.1) is 22.9 Å². The van der Waals surface area contributed by atoms with Gasteiger partial charge in [-0.3, -0.25) is 0 Å². The van der Waals surface area contributed by atoms with Gasteiger partial charge in [0.15, 0.2) is 0 Å². The summed E-state index contributed by atoms with van der Waals surface area (Å²) in [5, 5.41) is 0.457. The van der Waals surface area contributed by atoms with Gasteiger partial charge in [0.1, 0.15) is 0 Å². The van der Waals surface area contributed by atoms with Gasteiger partial charge in [0, 0.05) is 0 Å². The summed E-state index contributed by atoms with van der Waals surface area (Å²) in [5.74, 6) is -0.327. The van der Waals surface area contributed by atoms with Crippen LogP contribution in [0.1, 0.15) is 101 Å². The Labute approximate surface area is 164 Å². The second-order valence-electron chi connectivity index (χ2n) is 7.11. The van der Waals surface area contributed by atoms with Crippen LogP contribution in [0.15, 0.2) is 18.2 Å². The summed E-state index contributed by atoms with van der Waals surface area (Å²) in [6.45, 7) is 2.74. The summed E-state index contributed by atoms with van der Waals surface area (Å²) in [5.41, 5.74) is 6.56. The molecule has 1 aromatic carbocycles. The van der Waals surface area contributed by atoms with Gasteiger partial charge in [-0.25, -0.2) is 4.79 Å². The SMILES string of the molecule is CCCCCCCCCCCCCCCOC(=O)c1ccc(Cl)c(N)c1. The van der Waals surface area contributed by atoms with Crippen LogP contribution in [0.2, 0.25) is 5.02 Å². The van der Waals surface area contributed by atoms with Crippen molar-refractivity contribution in [3.05, 3.63) is 28.8 Å². The molecule has 1 rings (SSSR count). The van der Waals surface area contributed by atoms with E-state index in [0.29, 0.717) is 22.9 Å². The molecule has 0 heterocycles. The van der Waals surface area contributed by atoms with E-state index in [-0.39, 0.29) is 5.97 Å². The van der Waals surface area contributed by atoms with Crippen LogP contribution in [0.5, 0.6) is 0 Å². The van der Waals surface area contributed by atoms with Gasteiger partial charge >= 0.3 is 5.97 Å². The Hall–Kier alpha value is -1.22. The summed E-state index contributed by atoms with van der Waals surface area (Å²) in [6.07, 6.45) is 17.0. The van der Waals surface area contributed by atoms with Crippen molar-refractivity contribution in [2.75, 3.05) is 12.3 Å². The molecule has 0 aliphatic rings. The minimum absolute atomic E-state index is 0.327. The average molecular weight is 382 g/mol. The zero-order valence-electron chi connectivity index (χ0n) is 16.4. The molecule has 0 aromatic heterocycles. The first-order valence-corrected chi connectivity index (χ1v) is 10.7. The van der Waals surface area contributed by atoms with E-state index in [2.05, 4.69) is 6.92 Å². The third-order valence-corrected chi connectivity index (χ3v) is 5.06. The normalized spacial score (nSPS) is 10.8. The number of rotatable bonds is 15. The van der Waals surface area contributed by atoms with E-state index in [1.807, 2.05) is 0 Å². The second kappa shape index (κ2) is 14.9. The molecule has 0 radical (unpaired) electrons. The molecule has 0 amide bonds.